The van der Waals surface area contributed by atoms with Crippen molar-refractivity contribution < 1.29 is 22.6 Å². The van der Waals surface area contributed by atoms with Crippen molar-refractivity contribution in [3.8, 4) is 0 Å². The maximum absolute atomic E-state index is 9.08. The Hall–Kier alpha value is 1.47. The Balaban J connectivity index is 0. The van der Waals surface area contributed by atoms with E-state index in [1.165, 1.54) is 0 Å². The molecule has 5 nitrogen and oxygen atoms in total. The third-order valence-corrected chi connectivity index (χ3v) is 0.283. The van der Waals surface area contributed by atoms with Crippen molar-refractivity contribution in [2.24, 2.45) is 0 Å². The number of hydrogen-bond acceptors (Lipinski definition) is 4. The van der Waals surface area contributed by atoms with Crippen LogP contribution in [-0.4, -0.2) is 69.6 Å². The molecule has 0 heterocycles. The predicted molar refractivity (Wildman–Crippen MR) is 21.0 cm³/mol. The first-order valence-electron chi connectivity index (χ1n) is 0.865. The Bertz CT molecular complexity index is 110. The predicted octanol–water partition coefficient (Wildman–Crippen LogP) is -1.10. The molecular formula is H2KO5S. The SMILES string of the molecule is O=S(=O)(O)OO.[K]. The second-order valence-corrected chi connectivity index (χ2v) is 1.51. The van der Waals surface area contributed by atoms with Crippen LogP contribution in [0.1, 0.15) is 0 Å². The average Bonchev–Trinajstić information content (AvgIpc) is 1.35. The van der Waals surface area contributed by atoms with Crippen molar-refractivity contribution in [2.45, 2.75) is 0 Å². The van der Waals surface area contributed by atoms with Crippen LogP contribution < -0.4 is 0 Å². The van der Waals surface area contributed by atoms with Gasteiger partial charge in [0.15, 0.2) is 0 Å². The maximum Gasteiger partial charge on any atom is 0.423 e. The first-order valence-corrected chi connectivity index (χ1v) is 2.23. The third kappa shape index (κ3) is 11.2. The Morgan fingerprint density at radius 1 is 1.43 bits per heavy atom. The van der Waals surface area contributed by atoms with Crippen LogP contribution in [0.5, 0.6) is 0 Å². The monoisotopic (exact) mass is 153 g/mol. The minimum Gasteiger partial charge on any atom is -0.262 e. The molecule has 39 valence electrons. The molecule has 0 aromatic rings. The summed E-state index contributed by atoms with van der Waals surface area (Å²) < 4.78 is 28.0. The smallest absolute Gasteiger partial charge is 0.262 e. The van der Waals surface area contributed by atoms with Gasteiger partial charge in [-0.25, -0.2) is 5.26 Å². The molecular weight excluding hydrogens is 151 g/mol. The molecule has 7 heteroatoms. The van der Waals surface area contributed by atoms with E-state index in [0.717, 1.165) is 0 Å². The van der Waals surface area contributed by atoms with E-state index in [9.17, 15) is 0 Å². The fourth-order valence-electron chi connectivity index (χ4n) is 0. The second-order valence-electron chi connectivity index (χ2n) is 0.502. The standard InChI is InChI=1S/K.H2O5S/c;1-5-6(2,3)4/h;1H,(H,2,3,4). The van der Waals surface area contributed by atoms with Crippen LogP contribution in [0.15, 0.2) is 0 Å². The van der Waals surface area contributed by atoms with Crippen LogP contribution in [-0.2, 0) is 14.7 Å². The largest absolute Gasteiger partial charge is 0.423 e. The van der Waals surface area contributed by atoms with E-state index in [1.54, 1.807) is 0 Å². The Morgan fingerprint density at radius 2 is 1.57 bits per heavy atom. The topological polar surface area (TPSA) is 83.8 Å². The molecule has 0 aliphatic rings. The fraction of sp³-hybridized carbons (Fsp3) is 0. The van der Waals surface area contributed by atoms with E-state index < -0.39 is 10.4 Å². The molecule has 0 fully saturated rings. The number of hydrogen-bond donors (Lipinski definition) is 2. The van der Waals surface area contributed by atoms with Crippen LogP contribution in [0.25, 0.3) is 0 Å². The molecule has 0 bridgehead atoms. The summed E-state index contributed by atoms with van der Waals surface area (Å²) in [6.45, 7) is 0. The molecule has 0 spiro atoms. The van der Waals surface area contributed by atoms with E-state index in [-0.39, 0.29) is 51.4 Å². The van der Waals surface area contributed by atoms with Crippen molar-refractivity contribution in [2.75, 3.05) is 0 Å². The van der Waals surface area contributed by atoms with Crippen molar-refractivity contribution in [3.05, 3.63) is 0 Å². The molecule has 0 saturated heterocycles. The van der Waals surface area contributed by atoms with Crippen molar-refractivity contribution >= 4 is 61.8 Å². The van der Waals surface area contributed by atoms with Gasteiger partial charge in [-0.15, -0.1) is 0 Å². The zero-order valence-corrected chi connectivity index (χ0v) is 7.47. The van der Waals surface area contributed by atoms with Crippen molar-refractivity contribution in [1.82, 2.24) is 0 Å². The van der Waals surface area contributed by atoms with E-state index in [1.807, 2.05) is 0 Å². The van der Waals surface area contributed by atoms with Gasteiger partial charge >= 0.3 is 10.4 Å². The van der Waals surface area contributed by atoms with Gasteiger partial charge in [0.25, 0.3) is 0 Å². The summed E-state index contributed by atoms with van der Waals surface area (Å²) in [5.41, 5.74) is 0. The van der Waals surface area contributed by atoms with Crippen molar-refractivity contribution in [3.63, 3.8) is 0 Å². The summed E-state index contributed by atoms with van der Waals surface area (Å²) in [4.78, 5) is 0. The molecule has 0 amide bonds. The van der Waals surface area contributed by atoms with Gasteiger partial charge in [-0.3, -0.25) is 4.55 Å². The Morgan fingerprint density at radius 3 is 1.57 bits per heavy atom. The minimum atomic E-state index is -4.61. The molecule has 0 saturated carbocycles. The van der Waals surface area contributed by atoms with Gasteiger partial charge in [0.1, 0.15) is 0 Å². The van der Waals surface area contributed by atoms with Crippen LogP contribution in [0, 0.1) is 0 Å². The molecule has 0 aliphatic heterocycles. The maximum atomic E-state index is 9.08. The zero-order chi connectivity index (χ0) is 5.21. The van der Waals surface area contributed by atoms with Gasteiger partial charge < -0.3 is 0 Å². The molecule has 0 unspecified atom stereocenters. The summed E-state index contributed by atoms with van der Waals surface area (Å²) in [5.74, 6) is 0. The normalized spacial score (nSPS) is 10.0. The molecule has 7 heavy (non-hydrogen) atoms. The first-order chi connectivity index (χ1) is 2.56. The van der Waals surface area contributed by atoms with E-state index >= 15 is 0 Å². The molecule has 0 aromatic heterocycles. The molecule has 2 N–H and O–H groups in total. The third-order valence-electron chi connectivity index (χ3n) is 0.0942. The van der Waals surface area contributed by atoms with Crippen LogP contribution in [0.4, 0.5) is 0 Å². The summed E-state index contributed by atoms with van der Waals surface area (Å²) in [5, 5.41) is 7.06. The Kier molecular flexibility index (Phi) is 7.02. The van der Waals surface area contributed by atoms with Crippen LogP contribution >= 0.6 is 0 Å². The molecule has 0 aromatic carbocycles. The van der Waals surface area contributed by atoms with Crippen LogP contribution in [0.2, 0.25) is 0 Å². The van der Waals surface area contributed by atoms with E-state index in [0.29, 0.717) is 0 Å². The average molecular weight is 153 g/mol. The van der Waals surface area contributed by atoms with Crippen molar-refractivity contribution in [1.29, 1.82) is 0 Å². The summed E-state index contributed by atoms with van der Waals surface area (Å²) >= 11 is 0. The molecule has 0 rings (SSSR count). The number of rotatable bonds is 1. The fourth-order valence-corrected chi connectivity index (χ4v) is 0. The Labute approximate surface area is 83.0 Å². The van der Waals surface area contributed by atoms with Gasteiger partial charge in [-0.1, -0.05) is 4.33 Å². The first kappa shape index (κ1) is 11.3. The quantitative estimate of drug-likeness (QED) is 0.216. The van der Waals surface area contributed by atoms with Gasteiger partial charge in [0.05, 0.1) is 0 Å². The second kappa shape index (κ2) is 4.36. The zero-order valence-electron chi connectivity index (χ0n) is 3.53. The molecule has 0 atom stereocenters. The van der Waals surface area contributed by atoms with E-state index in [2.05, 4.69) is 4.33 Å². The summed E-state index contributed by atoms with van der Waals surface area (Å²) in [6.07, 6.45) is 0. The summed E-state index contributed by atoms with van der Waals surface area (Å²) in [6, 6.07) is 0. The summed E-state index contributed by atoms with van der Waals surface area (Å²) in [7, 11) is -4.61. The molecule has 0 aliphatic carbocycles. The molecule has 1 radical (unpaired) electrons. The van der Waals surface area contributed by atoms with Crippen LogP contribution in [0.3, 0.4) is 0 Å². The van der Waals surface area contributed by atoms with Gasteiger partial charge in [0.2, 0.25) is 0 Å². The van der Waals surface area contributed by atoms with Gasteiger partial charge in [0, 0.05) is 51.4 Å². The van der Waals surface area contributed by atoms with Gasteiger partial charge in [-0.05, 0) is 0 Å². The van der Waals surface area contributed by atoms with E-state index in [4.69, 9.17) is 18.2 Å². The minimum absolute atomic E-state index is 0. The van der Waals surface area contributed by atoms with Gasteiger partial charge in [-0.2, -0.15) is 8.42 Å².